The molecule has 1 aliphatic heterocycles. The molecule has 5 nitrogen and oxygen atoms in total. The molecule has 0 fully saturated rings. The number of nitrogens with zero attached hydrogens (tertiary/aromatic N) is 4. The van der Waals surface area contributed by atoms with Crippen molar-refractivity contribution in [3.8, 4) is 17.1 Å². The lowest BCUT2D eigenvalue weighted by molar-refractivity contribution is 0.0975. The van der Waals surface area contributed by atoms with E-state index in [1.165, 1.54) is 11.1 Å². The molecule has 5 rings (SSSR count). The highest BCUT2D eigenvalue weighted by Gasteiger charge is 2.28. The summed E-state index contributed by atoms with van der Waals surface area (Å²) in [5, 5.41) is 4.64. The van der Waals surface area contributed by atoms with Crippen LogP contribution in [-0.4, -0.2) is 27.2 Å². The van der Waals surface area contributed by atoms with Crippen LogP contribution in [0.1, 0.15) is 28.2 Å². The molecule has 30 heavy (non-hydrogen) atoms. The Morgan fingerprint density at radius 3 is 2.40 bits per heavy atom. The number of hydrogen-bond acceptors (Lipinski definition) is 3. The van der Waals surface area contributed by atoms with Crippen molar-refractivity contribution in [3.63, 3.8) is 0 Å². The number of anilines is 1. The van der Waals surface area contributed by atoms with E-state index in [9.17, 15) is 4.79 Å². The van der Waals surface area contributed by atoms with Crippen molar-refractivity contribution in [2.45, 2.75) is 19.8 Å². The van der Waals surface area contributed by atoms with E-state index in [1.54, 1.807) is 4.68 Å². The van der Waals surface area contributed by atoms with Crippen LogP contribution in [-0.2, 0) is 6.42 Å². The van der Waals surface area contributed by atoms with Crippen molar-refractivity contribution >= 4 is 11.6 Å². The summed E-state index contributed by atoms with van der Waals surface area (Å²) in [5.41, 5.74) is 5.23. The predicted molar refractivity (Wildman–Crippen MR) is 118 cm³/mol. The molecule has 4 aromatic rings. The van der Waals surface area contributed by atoms with Gasteiger partial charge in [-0.15, -0.1) is 5.10 Å². The molecule has 1 amide bonds. The van der Waals surface area contributed by atoms with Gasteiger partial charge in [-0.2, -0.15) is 0 Å². The highest BCUT2D eigenvalue weighted by atomic mass is 16.2. The summed E-state index contributed by atoms with van der Waals surface area (Å²) < 4.78 is 1.75. The first-order valence-corrected chi connectivity index (χ1v) is 10.2. The van der Waals surface area contributed by atoms with Crippen molar-refractivity contribution in [2.75, 3.05) is 11.4 Å². The Morgan fingerprint density at radius 2 is 1.63 bits per heavy atom. The summed E-state index contributed by atoms with van der Waals surface area (Å²) in [4.78, 5) is 20.0. The maximum absolute atomic E-state index is 13.5. The van der Waals surface area contributed by atoms with Crippen molar-refractivity contribution in [2.24, 2.45) is 0 Å². The van der Waals surface area contributed by atoms with E-state index in [0.29, 0.717) is 12.4 Å². The number of carbonyl (C=O) groups is 1. The summed E-state index contributed by atoms with van der Waals surface area (Å²) in [6, 6.07) is 25.8. The average Bonchev–Trinajstić information content (AvgIpc) is 3.25. The fourth-order valence-electron chi connectivity index (χ4n) is 4.06. The maximum atomic E-state index is 13.5. The SMILES string of the molecule is Cc1cccc2c1CCCN2C(=O)c1nc(-c2ccccc2)n(-c2ccccc2)n1. The maximum Gasteiger partial charge on any atom is 0.297 e. The van der Waals surface area contributed by atoms with Crippen molar-refractivity contribution in [1.29, 1.82) is 0 Å². The van der Waals surface area contributed by atoms with Crippen molar-refractivity contribution in [1.82, 2.24) is 14.8 Å². The van der Waals surface area contributed by atoms with Gasteiger partial charge in [0.15, 0.2) is 5.82 Å². The van der Waals surface area contributed by atoms with Gasteiger partial charge >= 0.3 is 0 Å². The van der Waals surface area contributed by atoms with Crippen LogP contribution in [0.2, 0.25) is 0 Å². The summed E-state index contributed by atoms with van der Waals surface area (Å²) in [6.07, 6.45) is 1.93. The van der Waals surface area contributed by atoms with E-state index in [0.717, 1.165) is 29.8 Å². The molecule has 3 aromatic carbocycles. The number of carbonyl (C=O) groups excluding carboxylic acids is 1. The summed E-state index contributed by atoms with van der Waals surface area (Å²) >= 11 is 0. The smallest absolute Gasteiger partial charge is 0.297 e. The normalized spacial score (nSPS) is 13.2. The topological polar surface area (TPSA) is 51.0 Å². The summed E-state index contributed by atoms with van der Waals surface area (Å²) in [6.45, 7) is 2.78. The number of fused-ring (bicyclic) bond motifs is 1. The van der Waals surface area contributed by atoms with Gasteiger partial charge < -0.3 is 4.90 Å². The minimum absolute atomic E-state index is 0.159. The van der Waals surface area contributed by atoms with Crippen LogP contribution in [0.4, 0.5) is 5.69 Å². The van der Waals surface area contributed by atoms with E-state index in [2.05, 4.69) is 23.1 Å². The van der Waals surface area contributed by atoms with Crippen LogP contribution in [0.3, 0.4) is 0 Å². The number of amides is 1. The van der Waals surface area contributed by atoms with Crippen molar-refractivity contribution < 1.29 is 4.79 Å². The molecule has 2 heterocycles. The standard InChI is InChI=1S/C25H22N4O/c1-18-10-8-16-22-21(18)15-9-17-28(22)25(30)23-26-24(19-11-4-2-5-12-19)29(27-23)20-13-6-3-7-14-20/h2-8,10-14,16H,9,15,17H2,1H3. The minimum atomic E-state index is -0.159. The molecular weight excluding hydrogens is 372 g/mol. The number of para-hydroxylation sites is 1. The first kappa shape index (κ1) is 18.3. The monoisotopic (exact) mass is 394 g/mol. The third-order valence-electron chi connectivity index (χ3n) is 5.56. The van der Waals surface area contributed by atoms with Gasteiger partial charge in [-0.1, -0.05) is 60.7 Å². The van der Waals surface area contributed by atoms with Gasteiger partial charge in [0.05, 0.1) is 5.69 Å². The average molecular weight is 394 g/mol. The predicted octanol–water partition coefficient (Wildman–Crippen LogP) is 4.84. The van der Waals surface area contributed by atoms with Crippen LogP contribution < -0.4 is 4.90 Å². The molecule has 0 bridgehead atoms. The van der Waals surface area contributed by atoms with E-state index < -0.39 is 0 Å². The van der Waals surface area contributed by atoms with Crippen LogP contribution in [0.25, 0.3) is 17.1 Å². The molecule has 0 aliphatic carbocycles. The van der Waals surface area contributed by atoms with E-state index in [1.807, 2.05) is 77.7 Å². The Hall–Kier alpha value is -3.73. The van der Waals surface area contributed by atoms with Crippen LogP contribution in [0.5, 0.6) is 0 Å². The number of aromatic nitrogens is 3. The Balaban J connectivity index is 1.60. The first-order valence-electron chi connectivity index (χ1n) is 10.2. The van der Waals surface area contributed by atoms with Crippen LogP contribution in [0.15, 0.2) is 78.9 Å². The van der Waals surface area contributed by atoms with Gasteiger partial charge in [0.1, 0.15) is 0 Å². The number of aryl methyl sites for hydroxylation is 1. The third-order valence-corrected chi connectivity index (χ3v) is 5.56. The molecule has 0 unspecified atom stereocenters. The zero-order valence-corrected chi connectivity index (χ0v) is 16.8. The fraction of sp³-hybridized carbons (Fsp3) is 0.160. The Labute approximate surface area is 175 Å². The van der Waals surface area contributed by atoms with E-state index in [-0.39, 0.29) is 11.7 Å². The molecule has 0 radical (unpaired) electrons. The molecular formula is C25H22N4O. The molecule has 1 aliphatic rings. The second-order valence-corrected chi connectivity index (χ2v) is 7.51. The summed E-state index contributed by atoms with van der Waals surface area (Å²) in [5.74, 6) is 0.715. The molecule has 5 heteroatoms. The number of hydrogen-bond donors (Lipinski definition) is 0. The van der Waals surface area contributed by atoms with Gasteiger partial charge in [0, 0.05) is 17.8 Å². The van der Waals surface area contributed by atoms with Gasteiger partial charge in [0.25, 0.3) is 5.91 Å². The van der Waals surface area contributed by atoms with E-state index in [4.69, 9.17) is 0 Å². The van der Waals surface area contributed by atoms with Gasteiger partial charge in [0.2, 0.25) is 5.82 Å². The number of benzene rings is 3. The zero-order chi connectivity index (χ0) is 20.5. The molecule has 148 valence electrons. The fourth-order valence-corrected chi connectivity index (χ4v) is 4.06. The van der Waals surface area contributed by atoms with Gasteiger partial charge in [-0.05, 0) is 49.1 Å². The Kier molecular flexibility index (Phi) is 4.64. The quantitative estimate of drug-likeness (QED) is 0.500. The molecule has 0 spiro atoms. The first-order chi connectivity index (χ1) is 14.7. The van der Waals surface area contributed by atoms with Gasteiger partial charge in [-0.3, -0.25) is 4.79 Å². The lowest BCUT2D eigenvalue weighted by atomic mass is 9.97. The zero-order valence-electron chi connectivity index (χ0n) is 16.8. The van der Waals surface area contributed by atoms with Crippen LogP contribution >= 0.6 is 0 Å². The van der Waals surface area contributed by atoms with Gasteiger partial charge in [-0.25, -0.2) is 9.67 Å². The molecule has 0 saturated carbocycles. The molecule has 0 saturated heterocycles. The lowest BCUT2D eigenvalue weighted by Gasteiger charge is -2.29. The molecule has 0 atom stereocenters. The summed E-state index contributed by atoms with van der Waals surface area (Å²) in [7, 11) is 0. The lowest BCUT2D eigenvalue weighted by Crippen LogP contribution is -2.36. The Morgan fingerprint density at radius 1 is 0.900 bits per heavy atom. The highest BCUT2D eigenvalue weighted by Crippen LogP contribution is 2.31. The Bertz CT molecular complexity index is 1140. The largest absolute Gasteiger partial charge is 0.305 e. The number of rotatable bonds is 3. The second kappa shape index (κ2) is 7.59. The van der Waals surface area contributed by atoms with Crippen LogP contribution in [0, 0.1) is 6.92 Å². The molecule has 1 aromatic heterocycles. The van der Waals surface area contributed by atoms with Crippen molar-refractivity contribution in [3.05, 3.63) is 95.8 Å². The molecule has 0 N–H and O–H groups in total. The second-order valence-electron chi connectivity index (χ2n) is 7.51. The third kappa shape index (κ3) is 3.18. The van der Waals surface area contributed by atoms with E-state index >= 15 is 0 Å². The minimum Gasteiger partial charge on any atom is -0.305 e. The highest BCUT2D eigenvalue weighted by molar-refractivity contribution is 6.04.